The van der Waals surface area contributed by atoms with Crippen molar-refractivity contribution in [2.75, 3.05) is 19.3 Å². The summed E-state index contributed by atoms with van der Waals surface area (Å²) in [6.45, 7) is 2.53. The lowest BCUT2D eigenvalue weighted by Crippen LogP contribution is -2.35. The van der Waals surface area contributed by atoms with Gasteiger partial charge in [-0.15, -0.1) is 0 Å². The summed E-state index contributed by atoms with van der Waals surface area (Å²) in [4.78, 5) is 11.0. The first kappa shape index (κ1) is 16.5. The van der Waals surface area contributed by atoms with E-state index in [9.17, 15) is 5.11 Å². The lowest BCUT2D eigenvalue weighted by atomic mass is 9.91. The Hall–Kier alpha value is -1.38. The summed E-state index contributed by atoms with van der Waals surface area (Å²) in [7, 11) is 1.92. The Morgan fingerprint density at radius 2 is 2.22 bits per heavy atom. The lowest BCUT2D eigenvalue weighted by Gasteiger charge is -2.33. The molecule has 1 atom stereocenters. The fraction of sp³-hybridized carbons (Fsp3) is 0.667. The molecule has 0 radical (unpaired) electrons. The first-order valence-corrected chi connectivity index (χ1v) is 9.24. The SMILES string of the molecule is CSCc1noc(CN2CCC(C(O)c3nccn3C)CC2)n1. The summed E-state index contributed by atoms with van der Waals surface area (Å²) < 4.78 is 7.18. The first-order chi connectivity index (χ1) is 11.2. The smallest absolute Gasteiger partial charge is 0.240 e. The number of hydrogen-bond acceptors (Lipinski definition) is 7. The van der Waals surface area contributed by atoms with Crippen LogP contribution >= 0.6 is 11.8 Å². The third kappa shape index (κ3) is 3.94. The van der Waals surface area contributed by atoms with Crippen molar-refractivity contribution in [1.82, 2.24) is 24.6 Å². The van der Waals surface area contributed by atoms with Crippen molar-refractivity contribution in [3.63, 3.8) is 0 Å². The zero-order valence-corrected chi connectivity index (χ0v) is 14.4. The molecule has 1 saturated heterocycles. The standard InChI is InChI=1S/C15H23N5O2S/c1-19-8-5-16-15(19)14(21)11-3-6-20(7-4-11)9-13-17-12(10-23-2)18-22-13/h5,8,11,14,21H,3-4,6-7,9-10H2,1-2H3. The average Bonchev–Trinajstić information content (AvgIpc) is 3.17. The van der Waals surface area contributed by atoms with Gasteiger partial charge in [0.1, 0.15) is 11.9 Å². The Balaban J connectivity index is 1.51. The number of aliphatic hydroxyl groups is 1. The zero-order chi connectivity index (χ0) is 16.2. The molecule has 0 saturated carbocycles. The van der Waals surface area contributed by atoms with Gasteiger partial charge in [0.15, 0.2) is 5.82 Å². The van der Waals surface area contributed by atoms with Crippen molar-refractivity contribution in [2.24, 2.45) is 13.0 Å². The van der Waals surface area contributed by atoms with Crippen LogP contribution in [-0.4, -0.2) is 49.0 Å². The minimum absolute atomic E-state index is 0.252. The van der Waals surface area contributed by atoms with Crippen LogP contribution in [0.3, 0.4) is 0 Å². The van der Waals surface area contributed by atoms with E-state index in [1.54, 1.807) is 18.0 Å². The van der Waals surface area contributed by atoms with E-state index in [4.69, 9.17) is 4.52 Å². The van der Waals surface area contributed by atoms with Crippen LogP contribution in [-0.2, 0) is 19.3 Å². The number of aliphatic hydroxyl groups excluding tert-OH is 1. The molecule has 0 spiro atoms. The summed E-state index contributed by atoms with van der Waals surface area (Å²) in [5, 5.41) is 14.5. The predicted molar refractivity (Wildman–Crippen MR) is 87.7 cm³/mol. The van der Waals surface area contributed by atoms with E-state index in [0.29, 0.717) is 12.4 Å². The van der Waals surface area contributed by atoms with Gasteiger partial charge in [-0.3, -0.25) is 4.90 Å². The van der Waals surface area contributed by atoms with Crippen LogP contribution in [0, 0.1) is 5.92 Å². The molecule has 23 heavy (non-hydrogen) atoms. The topological polar surface area (TPSA) is 80.2 Å². The number of nitrogens with zero attached hydrogens (tertiary/aromatic N) is 5. The van der Waals surface area contributed by atoms with Gasteiger partial charge in [-0.2, -0.15) is 16.7 Å². The van der Waals surface area contributed by atoms with Crippen LogP contribution in [0.1, 0.15) is 36.5 Å². The highest BCUT2D eigenvalue weighted by atomic mass is 32.2. The minimum atomic E-state index is -0.492. The van der Waals surface area contributed by atoms with Gasteiger partial charge in [0, 0.05) is 19.4 Å². The number of aryl methyl sites for hydroxylation is 1. The highest BCUT2D eigenvalue weighted by molar-refractivity contribution is 7.97. The van der Waals surface area contributed by atoms with E-state index in [2.05, 4.69) is 20.0 Å². The number of hydrogen-bond donors (Lipinski definition) is 1. The van der Waals surface area contributed by atoms with Gasteiger partial charge < -0.3 is 14.2 Å². The molecular weight excluding hydrogens is 314 g/mol. The van der Waals surface area contributed by atoms with Crippen LogP contribution in [0.15, 0.2) is 16.9 Å². The van der Waals surface area contributed by atoms with E-state index in [0.717, 1.165) is 43.3 Å². The average molecular weight is 337 g/mol. The fourth-order valence-corrected chi connectivity index (χ4v) is 3.41. The number of thioether (sulfide) groups is 1. The van der Waals surface area contributed by atoms with Gasteiger partial charge in [-0.05, 0) is 38.1 Å². The molecule has 8 heteroatoms. The summed E-state index contributed by atoms with van der Waals surface area (Å²) in [5.41, 5.74) is 0. The molecule has 1 unspecified atom stereocenters. The van der Waals surface area contributed by atoms with Gasteiger partial charge in [-0.25, -0.2) is 4.98 Å². The van der Waals surface area contributed by atoms with Crippen molar-refractivity contribution in [3.8, 4) is 0 Å². The summed E-state index contributed by atoms with van der Waals surface area (Å²) in [5.74, 6) is 3.22. The van der Waals surface area contributed by atoms with Crippen molar-refractivity contribution < 1.29 is 9.63 Å². The predicted octanol–water partition coefficient (Wildman–Crippen LogP) is 1.61. The van der Waals surface area contributed by atoms with Crippen LogP contribution in [0.25, 0.3) is 0 Å². The minimum Gasteiger partial charge on any atom is -0.385 e. The van der Waals surface area contributed by atoms with Crippen LogP contribution in [0.4, 0.5) is 0 Å². The summed E-state index contributed by atoms with van der Waals surface area (Å²) >= 11 is 1.68. The van der Waals surface area contributed by atoms with Crippen LogP contribution in [0.5, 0.6) is 0 Å². The molecule has 2 aromatic heterocycles. The molecule has 0 aliphatic carbocycles. The third-order valence-corrected chi connectivity index (χ3v) is 4.89. The monoisotopic (exact) mass is 337 g/mol. The number of rotatable bonds is 6. The Morgan fingerprint density at radius 1 is 1.43 bits per heavy atom. The number of piperidine rings is 1. The fourth-order valence-electron chi connectivity index (χ4n) is 3.03. The molecule has 1 aliphatic heterocycles. The Labute approximate surface area is 140 Å². The first-order valence-electron chi connectivity index (χ1n) is 7.85. The van der Waals surface area contributed by atoms with Crippen LogP contribution < -0.4 is 0 Å². The van der Waals surface area contributed by atoms with E-state index >= 15 is 0 Å². The van der Waals surface area contributed by atoms with Crippen molar-refractivity contribution in [2.45, 2.75) is 31.2 Å². The highest BCUT2D eigenvalue weighted by Crippen LogP contribution is 2.30. The van der Waals surface area contributed by atoms with E-state index in [1.807, 2.05) is 24.1 Å². The molecule has 126 valence electrons. The van der Waals surface area contributed by atoms with Crippen molar-refractivity contribution in [1.29, 1.82) is 0 Å². The van der Waals surface area contributed by atoms with Gasteiger partial charge >= 0.3 is 0 Å². The molecule has 2 aromatic rings. The normalized spacial score (nSPS) is 18.4. The maximum atomic E-state index is 10.5. The Kier molecular flexibility index (Phi) is 5.34. The molecule has 1 aliphatic rings. The van der Waals surface area contributed by atoms with E-state index < -0.39 is 6.10 Å². The second-order valence-corrected chi connectivity index (χ2v) is 6.86. The number of imidazole rings is 1. The number of aromatic nitrogens is 4. The quantitative estimate of drug-likeness (QED) is 0.857. The maximum Gasteiger partial charge on any atom is 0.240 e. The Morgan fingerprint density at radius 3 is 2.87 bits per heavy atom. The molecule has 1 fully saturated rings. The molecule has 0 aromatic carbocycles. The molecule has 0 bridgehead atoms. The van der Waals surface area contributed by atoms with Gasteiger partial charge in [0.25, 0.3) is 0 Å². The summed E-state index contributed by atoms with van der Waals surface area (Å²) in [6.07, 6.45) is 7.02. The highest BCUT2D eigenvalue weighted by Gasteiger charge is 2.28. The molecular formula is C15H23N5O2S. The van der Waals surface area contributed by atoms with Gasteiger partial charge in [0.2, 0.25) is 5.89 Å². The van der Waals surface area contributed by atoms with E-state index in [-0.39, 0.29) is 5.92 Å². The van der Waals surface area contributed by atoms with Gasteiger partial charge in [0.05, 0.1) is 12.3 Å². The zero-order valence-electron chi connectivity index (χ0n) is 13.6. The Bertz CT molecular complexity index is 621. The molecule has 1 N–H and O–H groups in total. The second kappa shape index (κ2) is 7.46. The third-order valence-electron chi connectivity index (χ3n) is 4.34. The van der Waals surface area contributed by atoms with Crippen LogP contribution in [0.2, 0.25) is 0 Å². The molecule has 3 rings (SSSR count). The van der Waals surface area contributed by atoms with Gasteiger partial charge in [-0.1, -0.05) is 5.16 Å². The maximum absolute atomic E-state index is 10.5. The van der Waals surface area contributed by atoms with Crippen molar-refractivity contribution in [3.05, 3.63) is 29.9 Å². The van der Waals surface area contributed by atoms with Crippen molar-refractivity contribution >= 4 is 11.8 Å². The largest absolute Gasteiger partial charge is 0.385 e. The summed E-state index contributed by atoms with van der Waals surface area (Å²) in [6, 6.07) is 0. The van der Waals surface area contributed by atoms with E-state index in [1.165, 1.54) is 0 Å². The molecule has 3 heterocycles. The molecule has 7 nitrogen and oxygen atoms in total. The molecule has 0 amide bonds. The second-order valence-electron chi connectivity index (χ2n) is 5.99. The lowest BCUT2D eigenvalue weighted by molar-refractivity contribution is 0.0466. The number of likely N-dealkylation sites (tertiary alicyclic amines) is 1.